The number of benzene rings is 1. The second kappa shape index (κ2) is 6.12. The lowest BCUT2D eigenvalue weighted by Gasteiger charge is -2.17. The second-order valence-electron chi connectivity index (χ2n) is 4.35. The quantitative estimate of drug-likeness (QED) is 0.852. The fourth-order valence-electron chi connectivity index (χ4n) is 1.67. The summed E-state index contributed by atoms with van der Waals surface area (Å²) in [4.78, 5) is 2.03. The smallest absolute Gasteiger partial charge is 0.0474 e. The number of halogens is 1. The number of anilines is 1. The van der Waals surface area contributed by atoms with Crippen LogP contribution in [0.1, 0.15) is 37.8 Å². The average Bonchev–Trinajstić information content (AvgIpc) is 2.25. The summed E-state index contributed by atoms with van der Waals surface area (Å²) in [7, 11) is 4.00. The summed E-state index contributed by atoms with van der Waals surface area (Å²) in [6.07, 6.45) is 3.31. The van der Waals surface area contributed by atoms with Gasteiger partial charge in [0.1, 0.15) is 0 Å². The summed E-state index contributed by atoms with van der Waals surface area (Å²) in [5, 5.41) is 0.773. The van der Waals surface area contributed by atoms with Crippen molar-refractivity contribution in [1.82, 2.24) is 0 Å². The molecule has 0 radical (unpaired) electrons. The number of unbranched alkanes of at least 4 members (excludes halogenated alkanes) is 1. The van der Waals surface area contributed by atoms with Crippen LogP contribution in [0.5, 0.6) is 0 Å². The highest BCUT2D eigenvalue weighted by Crippen LogP contribution is 2.28. The molecule has 0 spiro atoms. The Kier molecular flexibility index (Phi) is 5.10. The fraction of sp³-hybridized carbons (Fsp3) is 0.538. The van der Waals surface area contributed by atoms with Crippen molar-refractivity contribution in [3.8, 4) is 0 Å². The topological polar surface area (TPSA) is 29.3 Å². The molecule has 0 saturated heterocycles. The predicted octanol–water partition coefficient (Wildman–Crippen LogP) is 3.60. The summed E-state index contributed by atoms with van der Waals surface area (Å²) in [5.74, 6) is 0. The van der Waals surface area contributed by atoms with Crippen molar-refractivity contribution >= 4 is 17.3 Å². The first-order valence-electron chi connectivity index (χ1n) is 5.78. The summed E-state index contributed by atoms with van der Waals surface area (Å²) < 4.78 is 0. The first-order valence-corrected chi connectivity index (χ1v) is 6.16. The standard InChI is InChI=1S/C13H21ClN2/c1-4-5-6-13(15)11-8-7-10(16(2)3)9-12(11)14/h7-9,13H,4-6,15H2,1-3H3/t13-/m1/s1. The van der Waals surface area contributed by atoms with E-state index in [-0.39, 0.29) is 6.04 Å². The Bertz CT molecular complexity index is 337. The van der Waals surface area contributed by atoms with Crippen molar-refractivity contribution in [2.45, 2.75) is 32.2 Å². The first kappa shape index (κ1) is 13.3. The van der Waals surface area contributed by atoms with Crippen molar-refractivity contribution < 1.29 is 0 Å². The van der Waals surface area contributed by atoms with Gasteiger partial charge in [-0.15, -0.1) is 0 Å². The lowest BCUT2D eigenvalue weighted by atomic mass is 10.0. The van der Waals surface area contributed by atoms with Crippen LogP contribution in [0.2, 0.25) is 5.02 Å². The molecule has 0 aromatic heterocycles. The lowest BCUT2D eigenvalue weighted by molar-refractivity contribution is 0.603. The molecular formula is C13H21ClN2. The van der Waals surface area contributed by atoms with Crippen LogP contribution in [0, 0.1) is 0 Å². The van der Waals surface area contributed by atoms with Crippen LogP contribution < -0.4 is 10.6 Å². The van der Waals surface area contributed by atoms with Crippen LogP contribution in [-0.2, 0) is 0 Å². The van der Waals surface area contributed by atoms with Crippen LogP contribution in [-0.4, -0.2) is 14.1 Å². The van der Waals surface area contributed by atoms with Gasteiger partial charge in [0.2, 0.25) is 0 Å². The molecule has 0 unspecified atom stereocenters. The van der Waals surface area contributed by atoms with Gasteiger partial charge in [-0.05, 0) is 24.1 Å². The van der Waals surface area contributed by atoms with Gasteiger partial charge in [-0.25, -0.2) is 0 Å². The predicted molar refractivity (Wildman–Crippen MR) is 72.2 cm³/mol. The molecule has 0 amide bonds. The van der Waals surface area contributed by atoms with Crippen molar-refractivity contribution in [1.29, 1.82) is 0 Å². The molecule has 0 heterocycles. The van der Waals surface area contributed by atoms with Crippen molar-refractivity contribution in [3.63, 3.8) is 0 Å². The summed E-state index contributed by atoms with van der Waals surface area (Å²) in [5.41, 5.74) is 8.27. The molecule has 0 fully saturated rings. The minimum Gasteiger partial charge on any atom is -0.378 e. The molecular weight excluding hydrogens is 220 g/mol. The molecule has 0 saturated carbocycles. The number of nitrogens with zero attached hydrogens (tertiary/aromatic N) is 1. The van der Waals surface area contributed by atoms with Crippen molar-refractivity contribution in [2.24, 2.45) is 5.73 Å². The van der Waals surface area contributed by atoms with Gasteiger partial charge in [-0.3, -0.25) is 0 Å². The molecule has 1 aromatic carbocycles. The van der Waals surface area contributed by atoms with E-state index in [9.17, 15) is 0 Å². The lowest BCUT2D eigenvalue weighted by Crippen LogP contribution is -2.12. The molecule has 0 bridgehead atoms. The van der Waals surface area contributed by atoms with Gasteiger partial charge in [0.05, 0.1) is 0 Å². The third-order valence-corrected chi connectivity index (χ3v) is 3.10. The van der Waals surface area contributed by atoms with Gasteiger partial charge in [-0.1, -0.05) is 37.4 Å². The van der Waals surface area contributed by atoms with Crippen LogP contribution in [0.3, 0.4) is 0 Å². The third kappa shape index (κ3) is 3.39. The summed E-state index contributed by atoms with van der Waals surface area (Å²) in [6.45, 7) is 2.17. The van der Waals surface area contributed by atoms with E-state index in [0.717, 1.165) is 29.1 Å². The van der Waals surface area contributed by atoms with Crippen LogP contribution in [0.15, 0.2) is 18.2 Å². The Balaban J connectivity index is 2.81. The van der Waals surface area contributed by atoms with E-state index in [4.69, 9.17) is 17.3 Å². The monoisotopic (exact) mass is 240 g/mol. The van der Waals surface area contributed by atoms with E-state index < -0.39 is 0 Å². The largest absolute Gasteiger partial charge is 0.378 e. The van der Waals surface area contributed by atoms with Gasteiger partial charge in [0.25, 0.3) is 0 Å². The zero-order chi connectivity index (χ0) is 12.1. The minimum absolute atomic E-state index is 0.0589. The highest BCUT2D eigenvalue weighted by molar-refractivity contribution is 6.31. The molecule has 1 aromatic rings. The molecule has 1 atom stereocenters. The van der Waals surface area contributed by atoms with Crippen LogP contribution in [0.25, 0.3) is 0 Å². The number of rotatable bonds is 5. The highest BCUT2D eigenvalue weighted by Gasteiger charge is 2.10. The molecule has 2 nitrogen and oxygen atoms in total. The maximum absolute atomic E-state index is 6.24. The Morgan fingerprint density at radius 2 is 2.06 bits per heavy atom. The zero-order valence-corrected chi connectivity index (χ0v) is 11.1. The van der Waals surface area contributed by atoms with Gasteiger partial charge in [-0.2, -0.15) is 0 Å². The number of hydrogen-bond donors (Lipinski definition) is 1. The average molecular weight is 241 g/mol. The Hall–Kier alpha value is -0.730. The van der Waals surface area contributed by atoms with Crippen molar-refractivity contribution in [2.75, 3.05) is 19.0 Å². The third-order valence-electron chi connectivity index (χ3n) is 2.77. The van der Waals surface area contributed by atoms with Crippen molar-refractivity contribution in [3.05, 3.63) is 28.8 Å². The maximum atomic E-state index is 6.24. The SMILES string of the molecule is CCCC[C@@H](N)c1ccc(N(C)C)cc1Cl. The zero-order valence-electron chi connectivity index (χ0n) is 10.3. The van der Waals surface area contributed by atoms with Gasteiger partial charge in [0, 0.05) is 30.8 Å². The van der Waals surface area contributed by atoms with E-state index in [1.807, 2.05) is 31.1 Å². The first-order chi connectivity index (χ1) is 7.56. The second-order valence-corrected chi connectivity index (χ2v) is 4.76. The van der Waals surface area contributed by atoms with Gasteiger partial charge >= 0.3 is 0 Å². The normalized spacial score (nSPS) is 12.6. The molecule has 16 heavy (non-hydrogen) atoms. The van der Waals surface area contributed by atoms with Crippen LogP contribution in [0.4, 0.5) is 5.69 Å². The molecule has 0 aliphatic rings. The Morgan fingerprint density at radius 3 is 2.56 bits per heavy atom. The molecule has 3 heteroatoms. The van der Waals surface area contributed by atoms with E-state index in [2.05, 4.69) is 13.0 Å². The molecule has 1 rings (SSSR count). The Labute approximate surface area is 103 Å². The minimum atomic E-state index is 0.0589. The van der Waals surface area contributed by atoms with E-state index in [1.165, 1.54) is 6.42 Å². The van der Waals surface area contributed by atoms with E-state index in [0.29, 0.717) is 0 Å². The van der Waals surface area contributed by atoms with E-state index in [1.54, 1.807) is 0 Å². The Morgan fingerprint density at radius 1 is 1.38 bits per heavy atom. The van der Waals surface area contributed by atoms with Gasteiger partial charge in [0.15, 0.2) is 0 Å². The molecule has 0 aliphatic carbocycles. The highest BCUT2D eigenvalue weighted by atomic mass is 35.5. The van der Waals surface area contributed by atoms with Gasteiger partial charge < -0.3 is 10.6 Å². The molecule has 90 valence electrons. The van der Waals surface area contributed by atoms with E-state index >= 15 is 0 Å². The fourth-order valence-corrected chi connectivity index (χ4v) is 1.99. The number of hydrogen-bond acceptors (Lipinski definition) is 2. The molecule has 2 N–H and O–H groups in total. The maximum Gasteiger partial charge on any atom is 0.0474 e. The summed E-state index contributed by atoms with van der Waals surface area (Å²) >= 11 is 6.24. The number of nitrogens with two attached hydrogens (primary N) is 1. The summed E-state index contributed by atoms with van der Waals surface area (Å²) in [6, 6.07) is 6.14. The molecule has 0 aliphatic heterocycles. The van der Waals surface area contributed by atoms with Crippen LogP contribution >= 0.6 is 11.6 Å².